The summed E-state index contributed by atoms with van der Waals surface area (Å²) in [6, 6.07) is 14.4. The summed E-state index contributed by atoms with van der Waals surface area (Å²) in [6.45, 7) is 5.32. The molecule has 1 amide bonds. The number of carbonyl (C=O) groups excluding carboxylic acids is 1. The van der Waals surface area contributed by atoms with Crippen LogP contribution in [0.3, 0.4) is 0 Å². The summed E-state index contributed by atoms with van der Waals surface area (Å²) >= 11 is 6.10. The molecule has 32 heavy (non-hydrogen) atoms. The maximum atomic E-state index is 12.6. The molecule has 0 radical (unpaired) electrons. The van der Waals surface area contributed by atoms with Gasteiger partial charge in [-0.1, -0.05) is 30.7 Å². The molecule has 0 aliphatic carbocycles. The van der Waals surface area contributed by atoms with Crippen molar-refractivity contribution in [1.82, 2.24) is 9.97 Å². The van der Waals surface area contributed by atoms with Crippen LogP contribution in [0.4, 0.5) is 11.6 Å². The van der Waals surface area contributed by atoms with E-state index in [4.69, 9.17) is 16.3 Å². The number of anilines is 2. The number of benzene rings is 2. The monoisotopic (exact) mass is 474 g/mol. The highest BCUT2D eigenvalue weighted by Gasteiger charge is 2.21. The molecule has 0 bridgehead atoms. The Balaban J connectivity index is 1.69. The van der Waals surface area contributed by atoms with Crippen molar-refractivity contribution in [2.24, 2.45) is 0 Å². The molecule has 0 aliphatic rings. The molecule has 0 saturated heterocycles. The van der Waals surface area contributed by atoms with Crippen LogP contribution in [-0.2, 0) is 14.8 Å². The van der Waals surface area contributed by atoms with Crippen molar-refractivity contribution < 1.29 is 17.9 Å². The maximum absolute atomic E-state index is 12.6. The number of aryl methyl sites for hydroxylation is 2. The fourth-order valence-electron chi connectivity index (χ4n) is 2.91. The molecule has 168 valence electrons. The molecular weight excluding hydrogens is 452 g/mol. The zero-order valence-corrected chi connectivity index (χ0v) is 19.4. The molecule has 1 heterocycles. The van der Waals surface area contributed by atoms with Crippen molar-refractivity contribution in [2.75, 3.05) is 10.0 Å². The molecular formula is C22H23ClN4O4S. The van der Waals surface area contributed by atoms with Crippen molar-refractivity contribution >= 4 is 39.2 Å². The number of amides is 1. The van der Waals surface area contributed by atoms with Gasteiger partial charge < -0.3 is 10.1 Å². The van der Waals surface area contributed by atoms with Gasteiger partial charge in [-0.2, -0.15) is 0 Å². The van der Waals surface area contributed by atoms with E-state index < -0.39 is 16.1 Å². The van der Waals surface area contributed by atoms with E-state index in [1.165, 1.54) is 24.3 Å². The number of rotatable bonds is 8. The second kappa shape index (κ2) is 9.97. The van der Waals surface area contributed by atoms with E-state index in [0.717, 1.165) is 0 Å². The highest BCUT2D eigenvalue weighted by Crippen LogP contribution is 2.25. The zero-order valence-electron chi connectivity index (χ0n) is 17.8. The fraction of sp³-hybridized carbons (Fsp3) is 0.227. The van der Waals surface area contributed by atoms with Gasteiger partial charge in [-0.25, -0.2) is 23.1 Å². The second-order valence-corrected chi connectivity index (χ2v) is 9.13. The van der Waals surface area contributed by atoms with Crippen molar-refractivity contribution in [3.05, 3.63) is 71.0 Å². The number of carbonyl (C=O) groups is 1. The van der Waals surface area contributed by atoms with E-state index in [1.807, 2.05) is 6.92 Å². The van der Waals surface area contributed by atoms with Gasteiger partial charge in [-0.15, -0.1) is 0 Å². The first-order chi connectivity index (χ1) is 15.2. The van der Waals surface area contributed by atoms with E-state index in [1.54, 1.807) is 44.2 Å². The number of para-hydroxylation sites is 1. The lowest BCUT2D eigenvalue weighted by atomic mass is 10.2. The lowest BCUT2D eigenvalue weighted by Crippen LogP contribution is -2.32. The molecule has 10 heteroatoms. The number of ether oxygens (including phenoxy) is 1. The number of aromatic nitrogens is 2. The Morgan fingerprint density at radius 3 is 2.28 bits per heavy atom. The molecule has 1 atom stereocenters. The average molecular weight is 475 g/mol. The van der Waals surface area contributed by atoms with Crippen LogP contribution in [0.25, 0.3) is 0 Å². The van der Waals surface area contributed by atoms with Crippen LogP contribution in [0.2, 0.25) is 5.02 Å². The third-order valence-electron chi connectivity index (χ3n) is 4.41. The normalized spacial score (nSPS) is 12.1. The van der Waals surface area contributed by atoms with Gasteiger partial charge in [0.05, 0.1) is 9.92 Å². The summed E-state index contributed by atoms with van der Waals surface area (Å²) in [5, 5.41) is 3.14. The molecule has 0 fully saturated rings. The number of hydrogen-bond acceptors (Lipinski definition) is 6. The van der Waals surface area contributed by atoms with E-state index in [2.05, 4.69) is 20.0 Å². The lowest BCUT2D eigenvalue weighted by Gasteiger charge is -2.18. The quantitative estimate of drug-likeness (QED) is 0.502. The summed E-state index contributed by atoms with van der Waals surface area (Å²) in [5.74, 6) is 0.0458. The SMILES string of the molecule is CC[C@H](Oc1ccccc1Cl)C(=O)Nc1ccc(S(=O)(=O)Nc2nc(C)cc(C)n2)cc1. The maximum Gasteiger partial charge on any atom is 0.265 e. The van der Waals surface area contributed by atoms with Crippen LogP contribution in [0.15, 0.2) is 59.5 Å². The Morgan fingerprint density at radius 2 is 1.69 bits per heavy atom. The van der Waals surface area contributed by atoms with Crippen molar-refractivity contribution in [3.8, 4) is 5.75 Å². The summed E-state index contributed by atoms with van der Waals surface area (Å²) in [6.07, 6.45) is -0.342. The third kappa shape index (κ3) is 5.95. The van der Waals surface area contributed by atoms with Crippen LogP contribution in [0.1, 0.15) is 24.7 Å². The lowest BCUT2D eigenvalue weighted by molar-refractivity contribution is -0.122. The van der Waals surface area contributed by atoms with E-state index in [9.17, 15) is 13.2 Å². The van der Waals surface area contributed by atoms with Gasteiger partial charge in [0.2, 0.25) is 5.95 Å². The second-order valence-electron chi connectivity index (χ2n) is 7.04. The summed E-state index contributed by atoms with van der Waals surface area (Å²) in [5.41, 5.74) is 1.73. The fourth-order valence-corrected chi connectivity index (χ4v) is 4.03. The summed E-state index contributed by atoms with van der Waals surface area (Å²) in [7, 11) is -3.89. The Hall–Kier alpha value is -3.17. The number of halogens is 1. The largest absolute Gasteiger partial charge is 0.479 e. The Morgan fingerprint density at radius 1 is 1.06 bits per heavy atom. The van der Waals surface area contributed by atoms with Crippen molar-refractivity contribution in [3.63, 3.8) is 0 Å². The van der Waals surface area contributed by atoms with E-state index in [0.29, 0.717) is 34.3 Å². The molecule has 8 nitrogen and oxygen atoms in total. The molecule has 1 aromatic heterocycles. The van der Waals surface area contributed by atoms with E-state index >= 15 is 0 Å². The van der Waals surface area contributed by atoms with Gasteiger partial charge in [-0.05, 0) is 62.7 Å². The van der Waals surface area contributed by atoms with E-state index in [-0.39, 0.29) is 16.8 Å². The molecule has 3 aromatic rings. The molecule has 0 saturated carbocycles. The topological polar surface area (TPSA) is 110 Å². The Kier molecular flexibility index (Phi) is 7.32. The van der Waals surface area contributed by atoms with Crippen LogP contribution in [-0.4, -0.2) is 30.4 Å². The minimum atomic E-state index is -3.89. The molecule has 0 spiro atoms. The number of hydrogen-bond donors (Lipinski definition) is 2. The minimum Gasteiger partial charge on any atom is -0.479 e. The Labute approximate surface area is 192 Å². The van der Waals surface area contributed by atoms with Gasteiger partial charge in [0, 0.05) is 17.1 Å². The van der Waals surface area contributed by atoms with Crippen molar-refractivity contribution in [1.29, 1.82) is 0 Å². The molecule has 0 unspecified atom stereocenters. The number of sulfonamides is 1. The first-order valence-electron chi connectivity index (χ1n) is 9.85. The minimum absolute atomic E-state index is 0.00221. The Bertz CT molecular complexity index is 1200. The van der Waals surface area contributed by atoms with Crippen LogP contribution in [0.5, 0.6) is 5.75 Å². The zero-order chi connectivity index (χ0) is 23.3. The highest BCUT2D eigenvalue weighted by molar-refractivity contribution is 7.92. The first-order valence-corrected chi connectivity index (χ1v) is 11.7. The number of nitrogens with zero attached hydrogens (tertiary/aromatic N) is 2. The smallest absolute Gasteiger partial charge is 0.265 e. The predicted octanol–water partition coefficient (Wildman–Crippen LogP) is 4.34. The first kappa shape index (κ1) is 23.5. The summed E-state index contributed by atoms with van der Waals surface area (Å²) < 4.78 is 33.4. The predicted molar refractivity (Wildman–Crippen MR) is 124 cm³/mol. The van der Waals surface area contributed by atoms with Crippen LogP contribution >= 0.6 is 11.6 Å². The summed E-state index contributed by atoms with van der Waals surface area (Å²) in [4.78, 5) is 20.8. The average Bonchev–Trinajstić information content (AvgIpc) is 2.72. The molecule has 2 aromatic carbocycles. The van der Waals surface area contributed by atoms with Crippen molar-refractivity contribution in [2.45, 2.75) is 38.2 Å². The highest BCUT2D eigenvalue weighted by atomic mass is 35.5. The standard InChI is InChI=1S/C22H23ClN4O4S/c1-4-19(31-20-8-6-5-7-18(20)23)21(28)26-16-9-11-17(12-10-16)32(29,30)27-22-24-14(2)13-15(3)25-22/h5-13,19H,4H2,1-3H3,(H,26,28)(H,24,25,27)/t19-/m0/s1. The molecule has 2 N–H and O–H groups in total. The number of nitrogens with one attached hydrogen (secondary N) is 2. The third-order valence-corrected chi connectivity index (χ3v) is 6.07. The van der Waals surface area contributed by atoms with Gasteiger partial charge >= 0.3 is 0 Å². The van der Waals surface area contributed by atoms with Crippen LogP contribution in [0, 0.1) is 13.8 Å². The van der Waals surface area contributed by atoms with Gasteiger partial charge in [0.25, 0.3) is 15.9 Å². The van der Waals surface area contributed by atoms with Gasteiger partial charge in [0.15, 0.2) is 6.10 Å². The molecule has 3 rings (SSSR count). The van der Waals surface area contributed by atoms with Gasteiger partial charge in [0.1, 0.15) is 5.75 Å². The van der Waals surface area contributed by atoms with Crippen LogP contribution < -0.4 is 14.8 Å². The van der Waals surface area contributed by atoms with Gasteiger partial charge in [-0.3, -0.25) is 4.79 Å². The molecule has 0 aliphatic heterocycles.